The zero-order valence-corrected chi connectivity index (χ0v) is 11.1. The monoisotopic (exact) mass is 224 g/mol. The standard InChI is InChI=1S/C8H11NO3S.Na/c1-8(2)6(7(11)12)9-4(10)3-5(9)13-8;/h5-6H,3H2,1-2H3,(H,11,12);/q;+1/p-1/i3D;. The van der Waals surface area contributed by atoms with E-state index in [0.29, 0.717) is 0 Å². The number of carbonyl (C=O) groups excluding carboxylic acids is 2. The molecular weight excluding hydrogens is 213 g/mol. The van der Waals surface area contributed by atoms with Crippen LogP contribution in [-0.2, 0) is 9.59 Å². The molecule has 4 nitrogen and oxygen atoms in total. The number of hydrogen-bond donors (Lipinski definition) is 0. The number of rotatable bonds is 1. The van der Waals surface area contributed by atoms with E-state index >= 15 is 0 Å². The zero-order chi connectivity index (χ0) is 10.7. The summed E-state index contributed by atoms with van der Waals surface area (Å²) in [6.45, 7) is 3.52. The third-order valence-corrected chi connectivity index (χ3v) is 3.83. The Morgan fingerprint density at radius 2 is 2.36 bits per heavy atom. The summed E-state index contributed by atoms with van der Waals surface area (Å²) in [6.07, 6.45) is -0.802. The third-order valence-electron chi connectivity index (χ3n) is 2.40. The number of aliphatic carboxylic acids is 1. The van der Waals surface area contributed by atoms with Crippen molar-refractivity contribution in [3.8, 4) is 0 Å². The van der Waals surface area contributed by atoms with E-state index in [4.69, 9.17) is 1.37 Å². The molecule has 3 atom stereocenters. The van der Waals surface area contributed by atoms with Gasteiger partial charge < -0.3 is 14.8 Å². The molecule has 0 radical (unpaired) electrons. The quantitative estimate of drug-likeness (QED) is 0.338. The number of hydrogen-bond acceptors (Lipinski definition) is 4. The predicted octanol–water partition coefficient (Wildman–Crippen LogP) is -3.81. The minimum atomic E-state index is -1.23. The van der Waals surface area contributed by atoms with Gasteiger partial charge in [0.05, 0.1) is 23.8 Å². The fourth-order valence-electron chi connectivity index (χ4n) is 1.80. The first-order valence-corrected chi connectivity index (χ1v) is 4.87. The van der Waals surface area contributed by atoms with Gasteiger partial charge in [-0.2, -0.15) is 0 Å². The van der Waals surface area contributed by atoms with Crippen molar-refractivity contribution in [3.05, 3.63) is 0 Å². The van der Waals surface area contributed by atoms with Crippen LogP contribution in [0.3, 0.4) is 0 Å². The fourth-order valence-corrected chi connectivity index (χ4v) is 3.29. The molecule has 6 heteroatoms. The molecule has 0 aromatic heterocycles. The second kappa shape index (κ2) is 3.70. The van der Waals surface area contributed by atoms with Crippen molar-refractivity contribution >= 4 is 23.6 Å². The van der Waals surface area contributed by atoms with E-state index in [1.807, 2.05) is 0 Å². The van der Waals surface area contributed by atoms with E-state index in [2.05, 4.69) is 0 Å². The summed E-state index contributed by atoms with van der Waals surface area (Å²) >= 11 is 1.36. The zero-order valence-electron chi connectivity index (χ0n) is 9.31. The molecular formula is C8H10NNaO3S. The molecule has 0 aromatic carbocycles. The Morgan fingerprint density at radius 3 is 2.86 bits per heavy atom. The average Bonchev–Trinajstić information content (AvgIpc) is 2.34. The number of β-lactam (4-membered cyclic amide) rings is 1. The molecule has 2 heterocycles. The molecule has 0 bridgehead atoms. The van der Waals surface area contributed by atoms with Gasteiger partial charge >= 0.3 is 29.6 Å². The number of amides is 1. The maximum Gasteiger partial charge on any atom is 1.00 e. The van der Waals surface area contributed by atoms with E-state index in [0.717, 1.165) is 0 Å². The molecule has 14 heavy (non-hydrogen) atoms. The van der Waals surface area contributed by atoms with Gasteiger partial charge in [-0.3, -0.25) is 4.79 Å². The average molecular weight is 224 g/mol. The summed E-state index contributed by atoms with van der Waals surface area (Å²) in [5.41, 5.74) is 0. The second-order valence-corrected chi connectivity index (χ2v) is 5.52. The van der Waals surface area contributed by atoms with Gasteiger partial charge in [-0.05, 0) is 13.8 Å². The smallest absolute Gasteiger partial charge is 0.548 e. The van der Waals surface area contributed by atoms with Crippen LogP contribution in [-0.4, -0.2) is 32.9 Å². The summed E-state index contributed by atoms with van der Waals surface area (Å²) in [5.74, 6) is -1.63. The Kier molecular flexibility index (Phi) is 2.85. The van der Waals surface area contributed by atoms with Crippen LogP contribution >= 0.6 is 11.8 Å². The van der Waals surface area contributed by atoms with Gasteiger partial charge in [0.15, 0.2) is 0 Å². The summed E-state index contributed by atoms with van der Waals surface area (Å²) < 4.78 is 6.87. The van der Waals surface area contributed by atoms with E-state index in [-0.39, 0.29) is 34.9 Å². The Morgan fingerprint density at radius 1 is 1.79 bits per heavy atom. The van der Waals surface area contributed by atoms with Crippen LogP contribution in [0, 0.1) is 0 Å². The van der Waals surface area contributed by atoms with E-state index in [1.165, 1.54) is 16.7 Å². The van der Waals surface area contributed by atoms with Crippen LogP contribution in [0.25, 0.3) is 0 Å². The Hall–Kier alpha value is 0.290. The van der Waals surface area contributed by atoms with Crippen LogP contribution in [0.2, 0.25) is 0 Å². The SMILES string of the molecule is [2H]C1C(=O)N2C1SC(C)(C)C2C(=O)[O-].[Na+]. The molecule has 72 valence electrons. The molecule has 3 unspecified atom stereocenters. The molecule has 2 aliphatic heterocycles. The molecule has 1 amide bonds. The van der Waals surface area contributed by atoms with Gasteiger partial charge in [-0.15, -0.1) is 11.8 Å². The molecule has 0 aromatic rings. The fraction of sp³-hybridized carbons (Fsp3) is 0.750. The van der Waals surface area contributed by atoms with Gasteiger partial charge in [-0.1, -0.05) is 0 Å². The van der Waals surface area contributed by atoms with Crippen molar-refractivity contribution in [2.24, 2.45) is 0 Å². The first-order valence-electron chi connectivity index (χ1n) is 4.57. The summed E-state index contributed by atoms with van der Waals surface area (Å²) in [7, 11) is 0. The maximum absolute atomic E-state index is 11.3. The molecule has 2 rings (SSSR count). The summed E-state index contributed by atoms with van der Waals surface area (Å²) in [4.78, 5) is 23.4. The van der Waals surface area contributed by atoms with Gasteiger partial charge in [-0.25, -0.2) is 0 Å². The molecule has 2 saturated heterocycles. The van der Waals surface area contributed by atoms with Crippen molar-refractivity contribution in [1.29, 1.82) is 0 Å². The van der Waals surface area contributed by atoms with E-state index in [1.54, 1.807) is 13.8 Å². The number of thioether (sulfide) groups is 1. The van der Waals surface area contributed by atoms with Crippen molar-refractivity contribution < 1.29 is 45.6 Å². The molecule has 0 spiro atoms. The number of carbonyl (C=O) groups is 2. The minimum Gasteiger partial charge on any atom is -0.548 e. The Bertz CT molecular complexity index is 325. The van der Waals surface area contributed by atoms with Gasteiger partial charge in [0.25, 0.3) is 0 Å². The van der Waals surface area contributed by atoms with Crippen LogP contribution in [0.5, 0.6) is 0 Å². The largest absolute Gasteiger partial charge is 1.00 e. The molecule has 2 aliphatic rings. The topological polar surface area (TPSA) is 60.4 Å². The van der Waals surface area contributed by atoms with E-state index < -0.39 is 29.1 Å². The first kappa shape index (κ1) is 10.8. The van der Waals surface area contributed by atoms with Gasteiger partial charge in [0.2, 0.25) is 5.91 Å². The van der Waals surface area contributed by atoms with Crippen molar-refractivity contribution in [3.63, 3.8) is 0 Å². The maximum atomic E-state index is 11.3. The predicted molar refractivity (Wildman–Crippen MR) is 45.7 cm³/mol. The minimum absolute atomic E-state index is 0. The molecule has 0 saturated carbocycles. The Labute approximate surface area is 110 Å². The summed E-state index contributed by atoms with van der Waals surface area (Å²) in [5, 5.41) is 10.6. The molecule has 0 aliphatic carbocycles. The van der Waals surface area contributed by atoms with Crippen LogP contribution in [0.15, 0.2) is 0 Å². The number of nitrogens with zero attached hydrogens (tertiary/aromatic N) is 1. The second-order valence-electron chi connectivity index (χ2n) is 3.75. The number of carboxylic acids is 1. The van der Waals surface area contributed by atoms with Gasteiger partial charge in [0, 0.05) is 6.12 Å². The number of fused-ring (bicyclic) bond motifs is 1. The van der Waals surface area contributed by atoms with Crippen molar-refractivity contribution in [2.75, 3.05) is 0 Å². The number of carboxylic acid groups (broad SMARTS) is 1. The van der Waals surface area contributed by atoms with Gasteiger partial charge in [0.1, 0.15) is 0 Å². The Balaban J connectivity index is 0.00000112. The summed E-state index contributed by atoms with van der Waals surface area (Å²) in [6, 6.07) is -0.897. The third kappa shape index (κ3) is 1.60. The van der Waals surface area contributed by atoms with Crippen LogP contribution < -0.4 is 34.7 Å². The van der Waals surface area contributed by atoms with Crippen molar-refractivity contribution in [2.45, 2.75) is 36.4 Å². The van der Waals surface area contributed by atoms with E-state index in [9.17, 15) is 14.7 Å². The molecule has 2 fully saturated rings. The van der Waals surface area contributed by atoms with Crippen molar-refractivity contribution in [1.82, 2.24) is 4.90 Å². The molecule has 0 N–H and O–H groups in total. The first-order chi connectivity index (χ1) is 6.36. The van der Waals surface area contributed by atoms with Crippen LogP contribution in [0.4, 0.5) is 0 Å². The normalized spacial score (nSPS) is 39.3. The van der Waals surface area contributed by atoms with Crippen LogP contribution in [0.1, 0.15) is 21.6 Å².